The fraction of sp³-hybridized carbons (Fsp3) is 0.312. The zero-order valence-corrected chi connectivity index (χ0v) is 13.8. The molecule has 0 bridgehead atoms. The van der Waals surface area contributed by atoms with Gasteiger partial charge in [0.2, 0.25) is 5.91 Å². The van der Waals surface area contributed by atoms with E-state index in [1.165, 1.54) is 24.1 Å². The number of halogens is 1. The molecule has 1 amide bonds. The molecule has 0 aliphatic rings. The monoisotopic (exact) mass is 335 g/mol. The van der Waals surface area contributed by atoms with Crippen molar-refractivity contribution >= 4 is 23.2 Å². The van der Waals surface area contributed by atoms with Gasteiger partial charge in [-0.05, 0) is 24.6 Å². The lowest BCUT2D eigenvalue weighted by Crippen LogP contribution is -2.28. The summed E-state index contributed by atoms with van der Waals surface area (Å²) in [4.78, 5) is 28.3. The molecule has 122 valence electrons. The highest BCUT2D eigenvalue weighted by atomic mass is 35.5. The number of benzene rings is 1. The van der Waals surface area contributed by atoms with Crippen molar-refractivity contribution in [2.75, 3.05) is 12.4 Å². The van der Waals surface area contributed by atoms with Crippen LogP contribution in [0, 0.1) is 0 Å². The average molecular weight is 336 g/mol. The summed E-state index contributed by atoms with van der Waals surface area (Å²) in [6.45, 7) is 1.88. The molecule has 1 heterocycles. The second kappa shape index (κ2) is 7.78. The fourth-order valence-corrected chi connectivity index (χ4v) is 2.27. The van der Waals surface area contributed by atoms with Crippen molar-refractivity contribution in [2.24, 2.45) is 0 Å². The molecule has 1 aromatic carbocycles. The number of carbonyl (C=O) groups excluding carboxylic acids is 1. The van der Waals surface area contributed by atoms with Crippen LogP contribution in [0.4, 0.5) is 5.69 Å². The second-order valence-electron chi connectivity index (χ2n) is 4.99. The summed E-state index contributed by atoms with van der Waals surface area (Å²) in [5, 5.41) is 3.16. The Kier molecular flexibility index (Phi) is 5.76. The molecular formula is C16H18ClN3O3. The van der Waals surface area contributed by atoms with Gasteiger partial charge in [0.05, 0.1) is 19.1 Å². The minimum atomic E-state index is -0.363. The van der Waals surface area contributed by atoms with Gasteiger partial charge in [-0.1, -0.05) is 24.9 Å². The lowest BCUT2D eigenvalue weighted by Gasteiger charge is -2.11. The minimum absolute atomic E-state index is 0.131. The first kappa shape index (κ1) is 17.0. The van der Waals surface area contributed by atoms with Gasteiger partial charge in [0.25, 0.3) is 5.56 Å². The highest BCUT2D eigenvalue weighted by Gasteiger charge is 2.10. The number of nitrogens with one attached hydrogen (secondary N) is 1. The molecule has 0 aliphatic carbocycles. The Morgan fingerprint density at radius 3 is 2.83 bits per heavy atom. The third-order valence-electron chi connectivity index (χ3n) is 3.19. The molecule has 0 saturated heterocycles. The van der Waals surface area contributed by atoms with Crippen LogP contribution in [-0.4, -0.2) is 22.6 Å². The van der Waals surface area contributed by atoms with Crippen molar-refractivity contribution in [3.63, 3.8) is 0 Å². The molecule has 1 aromatic heterocycles. The molecule has 2 aromatic rings. The third kappa shape index (κ3) is 4.56. The summed E-state index contributed by atoms with van der Waals surface area (Å²) in [5.41, 5.74) is 0.927. The number of methoxy groups -OCH3 is 1. The quantitative estimate of drug-likeness (QED) is 0.880. The summed E-state index contributed by atoms with van der Waals surface area (Å²) in [6.07, 6.45) is 3.04. The zero-order valence-electron chi connectivity index (χ0n) is 13.0. The number of nitrogens with zero attached hydrogens (tertiary/aromatic N) is 2. The Morgan fingerprint density at radius 2 is 2.17 bits per heavy atom. The van der Waals surface area contributed by atoms with Gasteiger partial charge < -0.3 is 10.1 Å². The summed E-state index contributed by atoms with van der Waals surface area (Å²) < 4.78 is 6.42. The molecule has 6 nitrogen and oxygen atoms in total. The van der Waals surface area contributed by atoms with Crippen LogP contribution >= 0.6 is 11.6 Å². The van der Waals surface area contributed by atoms with E-state index >= 15 is 0 Å². The van der Waals surface area contributed by atoms with Gasteiger partial charge in [0.15, 0.2) is 0 Å². The Hall–Kier alpha value is -2.34. The first-order valence-corrected chi connectivity index (χ1v) is 7.60. The Morgan fingerprint density at radius 1 is 1.39 bits per heavy atom. The van der Waals surface area contributed by atoms with Crippen LogP contribution in [0.25, 0.3) is 0 Å². The molecule has 0 atom stereocenters. The van der Waals surface area contributed by atoms with Gasteiger partial charge in [-0.2, -0.15) is 0 Å². The number of hydrogen-bond donors (Lipinski definition) is 1. The van der Waals surface area contributed by atoms with Crippen LogP contribution in [0.5, 0.6) is 5.75 Å². The molecule has 0 unspecified atom stereocenters. The number of aryl methyl sites for hydroxylation is 1. The van der Waals surface area contributed by atoms with Gasteiger partial charge in [-0.3, -0.25) is 14.2 Å². The van der Waals surface area contributed by atoms with Crippen molar-refractivity contribution in [1.82, 2.24) is 9.55 Å². The number of hydrogen-bond acceptors (Lipinski definition) is 4. The van der Waals surface area contributed by atoms with Crippen molar-refractivity contribution in [2.45, 2.75) is 26.3 Å². The zero-order chi connectivity index (χ0) is 16.8. The number of amides is 1. The van der Waals surface area contributed by atoms with Crippen molar-refractivity contribution in [3.05, 3.63) is 51.7 Å². The molecule has 7 heteroatoms. The highest BCUT2D eigenvalue weighted by molar-refractivity contribution is 6.31. The maximum atomic E-state index is 12.1. The van der Waals surface area contributed by atoms with E-state index in [0.717, 1.165) is 18.5 Å². The molecule has 2 rings (SSSR count). The van der Waals surface area contributed by atoms with Crippen molar-refractivity contribution in [3.8, 4) is 5.75 Å². The summed E-state index contributed by atoms with van der Waals surface area (Å²) in [7, 11) is 1.50. The van der Waals surface area contributed by atoms with E-state index in [4.69, 9.17) is 16.3 Å². The van der Waals surface area contributed by atoms with E-state index in [0.29, 0.717) is 16.5 Å². The van der Waals surface area contributed by atoms with Crippen LogP contribution in [0.1, 0.15) is 19.0 Å². The number of ether oxygens (including phenoxy) is 1. The van der Waals surface area contributed by atoms with E-state index in [2.05, 4.69) is 10.3 Å². The Bertz CT molecular complexity index is 758. The summed E-state index contributed by atoms with van der Waals surface area (Å²) >= 11 is 5.92. The van der Waals surface area contributed by atoms with Crippen LogP contribution < -0.4 is 15.6 Å². The standard InChI is InChI=1S/C16H18ClN3O3/c1-3-4-12-8-16(22)20(10-18-12)9-15(21)19-13-7-11(17)5-6-14(13)23-2/h5-8,10H,3-4,9H2,1-2H3,(H,19,21). The lowest BCUT2D eigenvalue weighted by molar-refractivity contribution is -0.116. The average Bonchev–Trinajstić information content (AvgIpc) is 2.50. The summed E-state index contributed by atoms with van der Waals surface area (Å²) in [6, 6.07) is 6.36. The van der Waals surface area contributed by atoms with Gasteiger partial charge in [-0.25, -0.2) is 4.98 Å². The molecule has 1 N–H and O–H groups in total. The molecule has 0 fully saturated rings. The maximum Gasteiger partial charge on any atom is 0.253 e. The number of carbonyl (C=O) groups is 1. The van der Waals surface area contributed by atoms with Gasteiger partial charge in [-0.15, -0.1) is 0 Å². The molecule has 0 aliphatic heterocycles. The maximum absolute atomic E-state index is 12.1. The number of aromatic nitrogens is 2. The van der Waals surface area contributed by atoms with E-state index in [-0.39, 0.29) is 18.0 Å². The second-order valence-corrected chi connectivity index (χ2v) is 5.43. The van der Waals surface area contributed by atoms with Crippen LogP contribution in [-0.2, 0) is 17.8 Å². The van der Waals surface area contributed by atoms with E-state index in [1.807, 2.05) is 6.92 Å². The van der Waals surface area contributed by atoms with Gasteiger partial charge in [0.1, 0.15) is 12.3 Å². The van der Waals surface area contributed by atoms with Crippen LogP contribution in [0.3, 0.4) is 0 Å². The van der Waals surface area contributed by atoms with Crippen molar-refractivity contribution in [1.29, 1.82) is 0 Å². The highest BCUT2D eigenvalue weighted by Crippen LogP contribution is 2.27. The SMILES string of the molecule is CCCc1cc(=O)n(CC(=O)Nc2cc(Cl)ccc2OC)cn1. The van der Waals surface area contributed by atoms with E-state index in [9.17, 15) is 9.59 Å². The third-order valence-corrected chi connectivity index (χ3v) is 3.43. The smallest absolute Gasteiger partial charge is 0.253 e. The fourth-order valence-electron chi connectivity index (χ4n) is 2.10. The molecule has 0 saturated carbocycles. The van der Waals surface area contributed by atoms with Crippen molar-refractivity contribution < 1.29 is 9.53 Å². The normalized spacial score (nSPS) is 10.4. The predicted octanol–water partition coefficient (Wildman–Crippen LogP) is 2.50. The lowest BCUT2D eigenvalue weighted by atomic mass is 10.2. The molecule has 23 heavy (non-hydrogen) atoms. The van der Waals surface area contributed by atoms with Crippen LogP contribution in [0.2, 0.25) is 5.02 Å². The predicted molar refractivity (Wildman–Crippen MR) is 89.1 cm³/mol. The van der Waals surface area contributed by atoms with E-state index < -0.39 is 0 Å². The number of anilines is 1. The van der Waals surface area contributed by atoms with Gasteiger partial charge in [0, 0.05) is 16.8 Å². The largest absolute Gasteiger partial charge is 0.495 e. The molecule has 0 spiro atoms. The Labute approximate surface area is 139 Å². The topological polar surface area (TPSA) is 73.2 Å². The van der Waals surface area contributed by atoms with Crippen LogP contribution in [0.15, 0.2) is 35.4 Å². The summed E-state index contributed by atoms with van der Waals surface area (Å²) in [5.74, 6) is 0.129. The first-order valence-electron chi connectivity index (χ1n) is 7.22. The first-order chi connectivity index (χ1) is 11.0. The Balaban J connectivity index is 2.11. The number of rotatable bonds is 6. The molecule has 0 radical (unpaired) electrons. The van der Waals surface area contributed by atoms with Gasteiger partial charge >= 0.3 is 0 Å². The molecular weight excluding hydrogens is 318 g/mol. The minimum Gasteiger partial charge on any atom is -0.495 e. The van der Waals surface area contributed by atoms with E-state index in [1.54, 1.807) is 18.2 Å².